The van der Waals surface area contributed by atoms with Gasteiger partial charge in [0.15, 0.2) is 11.5 Å². The van der Waals surface area contributed by atoms with E-state index in [1.165, 1.54) is 18.5 Å². The van der Waals surface area contributed by atoms with Gasteiger partial charge in [-0.25, -0.2) is 13.8 Å². The van der Waals surface area contributed by atoms with Crippen LogP contribution in [0.25, 0.3) is 27.9 Å². The lowest BCUT2D eigenvalue weighted by Crippen LogP contribution is -2.49. The molecule has 6 rings (SSSR count). The third-order valence-corrected chi connectivity index (χ3v) is 6.43. The summed E-state index contributed by atoms with van der Waals surface area (Å²) in [5.74, 6) is -2.20. The molecule has 1 amide bonds. The minimum Gasteiger partial charge on any atom is -0.377 e. The molecule has 8 nitrogen and oxygen atoms in total. The number of aromatic nitrogens is 5. The van der Waals surface area contributed by atoms with E-state index in [1.54, 1.807) is 4.90 Å². The van der Waals surface area contributed by atoms with Crippen LogP contribution in [0.4, 0.5) is 22.0 Å². The Balaban J connectivity index is 1.49. The lowest BCUT2D eigenvalue weighted by atomic mass is 10.1. The Morgan fingerprint density at radius 3 is 2.54 bits per heavy atom. The van der Waals surface area contributed by atoms with Crippen LogP contribution in [0, 0.1) is 11.6 Å². The highest BCUT2D eigenvalue weighted by atomic mass is 19.4. The van der Waals surface area contributed by atoms with Crippen molar-refractivity contribution in [3.63, 3.8) is 0 Å². The first-order valence-corrected chi connectivity index (χ1v) is 10.9. The molecule has 2 aliphatic rings. The van der Waals surface area contributed by atoms with Crippen LogP contribution in [0.15, 0.2) is 30.7 Å². The van der Waals surface area contributed by atoms with Crippen LogP contribution in [0.1, 0.15) is 23.3 Å². The molecule has 0 N–H and O–H groups in total. The van der Waals surface area contributed by atoms with E-state index in [9.17, 15) is 26.7 Å². The van der Waals surface area contributed by atoms with Crippen molar-refractivity contribution in [2.75, 3.05) is 13.2 Å². The largest absolute Gasteiger partial charge is 0.408 e. The molecule has 0 aromatic carbocycles. The summed E-state index contributed by atoms with van der Waals surface area (Å²) in [4.78, 5) is 23.1. The van der Waals surface area contributed by atoms with Crippen molar-refractivity contribution in [3.8, 4) is 11.4 Å². The zero-order valence-corrected chi connectivity index (χ0v) is 18.0. The molecule has 0 spiro atoms. The predicted molar refractivity (Wildman–Crippen MR) is 111 cm³/mol. The number of alkyl halides is 3. The SMILES string of the molecule is O=C(c1cc2c(cn1)c(-c1cnc3c(F)cc(F)cn13)nn2CC(F)(F)F)N1C2CCC1COC2. The average Bonchev–Trinajstić information content (AvgIpc) is 3.44. The standard InChI is InChI=1S/C22H17F5N6O2/c23-11-3-15(24)20-29-6-18(31(20)7-11)19-14-5-28-16(4-17(14)32(30-19)10-22(25,26)27)21(34)33-12-1-2-13(33)9-35-8-12/h3-7,12-13H,1-2,8-10H2. The molecule has 2 bridgehead atoms. The molecule has 4 aromatic rings. The van der Waals surface area contributed by atoms with Crippen LogP contribution >= 0.6 is 0 Å². The molecule has 0 radical (unpaired) electrons. The Morgan fingerprint density at radius 1 is 1.09 bits per heavy atom. The summed E-state index contributed by atoms with van der Waals surface area (Å²) in [6.45, 7) is -0.618. The first-order valence-electron chi connectivity index (χ1n) is 10.9. The predicted octanol–water partition coefficient (Wildman–Crippen LogP) is 3.59. The molecular weight excluding hydrogens is 475 g/mol. The van der Waals surface area contributed by atoms with Crippen molar-refractivity contribution in [2.24, 2.45) is 0 Å². The molecule has 13 heteroatoms. The maximum Gasteiger partial charge on any atom is 0.408 e. The summed E-state index contributed by atoms with van der Waals surface area (Å²) < 4.78 is 75.4. The number of carbonyl (C=O) groups excluding carboxylic acids is 1. The minimum absolute atomic E-state index is 0.000286. The van der Waals surface area contributed by atoms with Crippen LogP contribution in [0.2, 0.25) is 0 Å². The lowest BCUT2D eigenvalue weighted by Gasteiger charge is -2.34. The van der Waals surface area contributed by atoms with Crippen molar-refractivity contribution in [2.45, 2.75) is 37.6 Å². The van der Waals surface area contributed by atoms with Crippen LogP contribution in [-0.4, -0.2) is 66.4 Å². The number of rotatable bonds is 3. The molecule has 0 aliphatic carbocycles. The van der Waals surface area contributed by atoms with Gasteiger partial charge in [-0.05, 0) is 18.9 Å². The second kappa shape index (κ2) is 7.70. The van der Waals surface area contributed by atoms with Gasteiger partial charge in [-0.2, -0.15) is 18.3 Å². The monoisotopic (exact) mass is 492 g/mol. The Hall–Kier alpha value is -3.61. The summed E-state index contributed by atoms with van der Waals surface area (Å²) in [6.07, 6.45) is 0.392. The fourth-order valence-corrected chi connectivity index (χ4v) is 4.95. The molecular formula is C22H17F5N6O2. The maximum atomic E-state index is 14.1. The Bertz CT molecular complexity index is 1460. The number of nitrogens with zero attached hydrogens (tertiary/aromatic N) is 6. The van der Waals surface area contributed by atoms with Gasteiger partial charge < -0.3 is 9.64 Å². The smallest absolute Gasteiger partial charge is 0.377 e. The summed E-state index contributed by atoms with van der Waals surface area (Å²) in [5.41, 5.74) is -0.122. The van der Waals surface area contributed by atoms with Gasteiger partial charge >= 0.3 is 6.18 Å². The summed E-state index contributed by atoms with van der Waals surface area (Å²) >= 11 is 0. The average molecular weight is 492 g/mol. The topological polar surface area (TPSA) is 77.6 Å². The molecule has 2 aliphatic heterocycles. The van der Waals surface area contributed by atoms with Crippen molar-refractivity contribution in [1.29, 1.82) is 0 Å². The summed E-state index contributed by atoms with van der Waals surface area (Å²) in [5, 5.41) is 4.27. The minimum atomic E-state index is -4.61. The number of imidazole rings is 1. The fourth-order valence-electron chi connectivity index (χ4n) is 4.95. The van der Waals surface area contributed by atoms with E-state index >= 15 is 0 Å². The number of morpholine rings is 1. The van der Waals surface area contributed by atoms with E-state index in [4.69, 9.17) is 4.74 Å². The summed E-state index contributed by atoms with van der Waals surface area (Å²) in [6, 6.07) is 1.74. The van der Waals surface area contributed by atoms with Crippen molar-refractivity contribution in [1.82, 2.24) is 29.0 Å². The van der Waals surface area contributed by atoms with Gasteiger partial charge in [-0.15, -0.1) is 0 Å². The van der Waals surface area contributed by atoms with E-state index < -0.39 is 24.4 Å². The number of carbonyl (C=O) groups is 1. The second-order valence-corrected chi connectivity index (χ2v) is 8.69. The highest BCUT2D eigenvalue weighted by Crippen LogP contribution is 2.33. The Kier molecular flexibility index (Phi) is 4.82. The second-order valence-electron chi connectivity index (χ2n) is 8.69. The first kappa shape index (κ1) is 21.9. The highest BCUT2D eigenvalue weighted by molar-refractivity contribution is 5.99. The van der Waals surface area contributed by atoms with E-state index in [0.717, 1.165) is 23.4 Å². The zero-order chi connectivity index (χ0) is 24.5. The number of ether oxygens (including phenoxy) is 1. The van der Waals surface area contributed by atoms with Crippen molar-refractivity contribution in [3.05, 3.63) is 48.1 Å². The van der Waals surface area contributed by atoms with Gasteiger partial charge in [0.2, 0.25) is 0 Å². The van der Waals surface area contributed by atoms with Gasteiger partial charge in [-0.3, -0.25) is 18.9 Å². The number of hydrogen-bond acceptors (Lipinski definition) is 5. The number of pyridine rings is 2. The third-order valence-electron chi connectivity index (χ3n) is 6.43. The maximum absolute atomic E-state index is 14.1. The molecule has 4 aromatic heterocycles. The van der Waals surface area contributed by atoms with E-state index in [1.807, 2.05) is 0 Å². The van der Waals surface area contributed by atoms with Gasteiger partial charge in [-0.1, -0.05) is 0 Å². The number of fused-ring (bicyclic) bond motifs is 4. The van der Waals surface area contributed by atoms with Crippen LogP contribution < -0.4 is 0 Å². The Labute approximate surface area is 193 Å². The van der Waals surface area contributed by atoms with E-state index in [0.29, 0.717) is 24.0 Å². The van der Waals surface area contributed by atoms with Crippen LogP contribution in [0.5, 0.6) is 0 Å². The number of amides is 1. The van der Waals surface area contributed by atoms with E-state index in [-0.39, 0.29) is 51.6 Å². The van der Waals surface area contributed by atoms with Gasteiger partial charge in [0.05, 0.1) is 42.7 Å². The lowest BCUT2D eigenvalue weighted by molar-refractivity contribution is -0.141. The zero-order valence-electron chi connectivity index (χ0n) is 18.0. The van der Waals surface area contributed by atoms with Gasteiger partial charge in [0.25, 0.3) is 5.91 Å². The molecule has 6 heterocycles. The van der Waals surface area contributed by atoms with Crippen LogP contribution in [0.3, 0.4) is 0 Å². The molecule has 2 atom stereocenters. The molecule has 2 fully saturated rings. The van der Waals surface area contributed by atoms with Crippen molar-refractivity contribution < 1.29 is 31.5 Å². The molecule has 2 saturated heterocycles. The molecule has 35 heavy (non-hydrogen) atoms. The molecule has 0 saturated carbocycles. The van der Waals surface area contributed by atoms with Crippen LogP contribution in [-0.2, 0) is 11.3 Å². The Morgan fingerprint density at radius 2 is 1.83 bits per heavy atom. The third kappa shape index (κ3) is 3.61. The first-order chi connectivity index (χ1) is 16.7. The fraction of sp³-hybridized carbons (Fsp3) is 0.364. The number of halogens is 5. The quantitative estimate of drug-likeness (QED) is 0.409. The van der Waals surface area contributed by atoms with E-state index in [2.05, 4.69) is 15.1 Å². The summed E-state index contributed by atoms with van der Waals surface area (Å²) in [7, 11) is 0. The molecule has 182 valence electrons. The van der Waals surface area contributed by atoms with Crippen molar-refractivity contribution >= 4 is 22.5 Å². The van der Waals surface area contributed by atoms with Gasteiger partial charge in [0.1, 0.15) is 23.7 Å². The number of hydrogen-bond donors (Lipinski definition) is 0. The normalized spacial score (nSPS) is 20.3. The van der Waals surface area contributed by atoms with Gasteiger partial charge in [0, 0.05) is 23.8 Å². The highest BCUT2D eigenvalue weighted by Gasteiger charge is 2.41. The molecule has 2 unspecified atom stereocenters.